The highest BCUT2D eigenvalue weighted by atomic mass is 35.5. The second-order valence-electron chi connectivity index (χ2n) is 6.46. The molecule has 1 aliphatic rings. The quantitative estimate of drug-likeness (QED) is 0.668. The first-order chi connectivity index (χ1) is 12.7. The predicted molar refractivity (Wildman–Crippen MR) is 109 cm³/mol. The van der Waals surface area contributed by atoms with Gasteiger partial charge in [0.2, 0.25) is 0 Å². The Labute approximate surface area is 164 Å². The van der Waals surface area contributed by atoms with E-state index >= 15 is 0 Å². The first kappa shape index (κ1) is 19.1. The normalized spacial score (nSPS) is 13.1. The predicted octanol–water partition coefficient (Wildman–Crippen LogP) is 4.65. The van der Waals surface area contributed by atoms with Crippen molar-refractivity contribution < 1.29 is 9.53 Å². The van der Waals surface area contributed by atoms with Gasteiger partial charge in [-0.15, -0.1) is 0 Å². The minimum absolute atomic E-state index is 0.0672. The van der Waals surface area contributed by atoms with E-state index in [2.05, 4.69) is 23.5 Å². The Morgan fingerprint density at radius 2 is 1.96 bits per heavy atom. The van der Waals surface area contributed by atoms with E-state index in [0.717, 1.165) is 35.1 Å². The number of ether oxygens (including phenoxy) is 1. The number of carbonyl (C=O) groups is 1. The maximum Gasteiger partial charge on any atom is 0.257 e. The molecule has 1 aliphatic carbocycles. The van der Waals surface area contributed by atoms with E-state index in [1.165, 1.54) is 29.5 Å². The zero-order valence-corrected chi connectivity index (χ0v) is 16.4. The third-order valence-corrected chi connectivity index (χ3v) is 5.68. The monoisotopic (exact) mass is 389 g/mol. The van der Waals surface area contributed by atoms with Crippen molar-refractivity contribution in [1.82, 2.24) is 5.32 Å². The molecule has 0 fully saturated rings. The molecular formula is C21H24ClNO2S. The fourth-order valence-electron chi connectivity index (χ4n) is 3.08. The van der Waals surface area contributed by atoms with Crippen LogP contribution in [0.5, 0.6) is 5.75 Å². The van der Waals surface area contributed by atoms with E-state index in [9.17, 15) is 4.79 Å². The van der Waals surface area contributed by atoms with Crippen LogP contribution >= 0.6 is 23.4 Å². The molecule has 0 radical (unpaired) electrons. The van der Waals surface area contributed by atoms with Crippen molar-refractivity contribution in [2.24, 2.45) is 0 Å². The highest BCUT2D eigenvalue weighted by Crippen LogP contribution is 2.25. The van der Waals surface area contributed by atoms with Crippen LogP contribution in [-0.4, -0.2) is 24.8 Å². The van der Waals surface area contributed by atoms with Gasteiger partial charge < -0.3 is 10.1 Å². The number of fused-ring (bicyclic) bond motifs is 1. The third kappa shape index (κ3) is 5.96. The standard InChI is InChI=1S/C21H24ClNO2S/c22-19-7-3-4-16(12-19)15-26-11-10-23-21(24)14-25-20-9-8-17-5-1-2-6-18(17)13-20/h3-4,7-9,12-13H,1-2,5-6,10-11,14-15H2,(H,23,24). The zero-order valence-electron chi connectivity index (χ0n) is 14.8. The number of halogens is 1. The largest absolute Gasteiger partial charge is 0.484 e. The third-order valence-electron chi connectivity index (χ3n) is 4.42. The van der Waals surface area contributed by atoms with Crippen LogP contribution in [0.2, 0.25) is 5.02 Å². The maximum atomic E-state index is 11.9. The molecule has 3 nitrogen and oxygen atoms in total. The summed E-state index contributed by atoms with van der Waals surface area (Å²) in [6.45, 7) is 0.704. The van der Waals surface area contributed by atoms with Gasteiger partial charge in [-0.2, -0.15) is 11.8 Å². The van der Waals surface area contributed by atoms with Gasteiger partial charge in [0.05, 0.1) is 0 Å². The molecule has 0 atom stereocenters. The van der Waals surface area contributed by atoms with Crippen molar-refractivity contribution >= 4 is 29.3 Å². The van der Waals surface area contributed by atoms with Crippen LogP contribution < -0.4 is 10.1 Å². The Morgan fingerprint density at radius 1 is 1.12 bits per heavy atom. The molecule has 0 saturated heterocycles. The van der Waals surface area contributed by atoms with Gasteiger partial charge in [0, 0.05) is 23.1 Å². The summed E-state index contributed by atoms with van der Waals surface area (Å²) in [5.74, 6) is 2.46. The molecule has 0 saturated carbocycles. The smallest absolute Gasteiger partial charge is 0.257 e. The van der Waals surface area contributed by atoms with Crippen LogP contribution in [0.3, 0.4) is 0 Å². The molecule has 5 heteroatoms. The highest BCUT2D eigenvalue weighted by molar-refractivity contribution is 7.98. The van der Waals surface area contributed by atoms with Crippen LogP contribution in [0, 0.1) is 0 Å². The van der Waals surface area contributed by atoms with Crippen molar-refractivity contribution in [3.63, 3.8) is 0 Å². The topological polar surface area (TPSA) is 38.3 Å². The molecule has 0 aromatic heterocycles. The molecule has 0 bridgehead atoms. The molecule has 1 N–H and O–H groups in total. The van der Waals surface area contributed by atoms with Gasteiger partial charge in [-0.3, -0.25) is 4.79 Å². The molecule has 138 valence electrons. The number of rotatable bonds is 8. The second kappa shape index (κ2) is 9.89. The molecule has 3 rings (SSSR count). The molecule has 1 amide bonds. The van der Waals surface area contributed by atoms with Crippen LogP contribution in [0.25, 0.3) is 0 Å². The summed E-state index contributed by atoms with van der Waals surface area (Å²) < 4.78 is 5.64. The minimum atomic E-state index is -0.0777. The Bertz CT molecular complexity index is 751. The summed E-state index contributed by atoms with van der Waals surface area (Å²) in [4.78, 5) is 11.9. The molecule has 0 heterocycles. The second-order valence-corrected chi connectivity index (χ2v) is 8.00. The minimum Gasteiger partial charge on any atom is -0.484 e. The van der Waals surface area contributed by atoms with Gasteiger partial charge in [0.1, 0.15) is 5.75 Å². The van der Waals surface area contributed by atoms with E-state index < -0.39 is 0 Å². The summed E-state index contributed by atoms with van der Waals surface area (Å²) in [6, 6.07) is 14.1. The van der Waals surface area contributed by atoms with E-state index in [0.29, 0.717) is 6.54 Å². The Morgan fingerprint density at radius 3 is 2.81 bits per heavy atom. The number of benzene rings is 2. The summed E-state index contributed by atoms with van der Waals surface area (Å²) in [5.41, 5.74) is 3.99. The average molecular weight is 390 g/mol. The first-order valence-electron chi connectivity index (χ1n) is 9.04. The molecule has 0 spiro atoms. The van der Waals surface area contributed by atoms with Crippen molar-refractivity contribution in [3.05, 3.63) is 64.2 Å². The van der Waals surface area contributed by atoms with Crippen molar-refractivity contribution in [3.8, 4) is 5.75 Å². The lowest BCUT2D eigenvalue weighted by molar-refractivity contribution is -0.122. The van der Waals surface area contributed by atoms with E-state index in [4.69, 9.17) is 16.3 Å². The van der Waals surface area contributed by atoms with Crippen molar-refractivity contribution in [1.29, 1.82) is 0 Å². The summed E-state index contributed by atoms with van der Waals surface area (Å²) in [5, 5.41) is 3.66. The van der Waals surface area contributed by atoms with Gasteiger partial charge in [0.25, 0.3) is 5.91 Å². The zero-order chi connectivity index (χ0) is 18.2. The summed E-state index contributed by atoms with van der Waals surface area (Å²) >= 11 is 7.74. The van der Waals surface area contributed by atoms with Gasteiger partial charge in [0.15, 0.2) is 6.61 Å². The van der Waals surface area contributed by atoms with Crippen LogP contribution in [-0.2, 0) is 23.4 Å². The number of amides is 1. The number of hydrogen-bond donors (Lipinski definition) is 1. The SMILES string of the molecule is O=C(COc1ccc2c(c1)CCCC2)NCCSCc1cccc(Cl)c1. The Balaban J connectivity index is 1.32. The molecule has 26 heavy (non-hydrogen) atoms. The highest BCUT2D eigenvalue weighted by Gasteiger charge is 2.10. The summed E-state index contributed by atoms with van der Waals surface area (Å²) in [7, 11) is 0. The Kier molecular flexibility index (Phi) is 7.27. The molecular weight excluding hydrogens is 366 g/mol. The van der Waals surface area contributed by atoms with E-state index in [1.807, 2.05) is 24.3 Å². The van der Waals surface area contributed by atoms with E-state index in [1.54, 1.807) is 11.8 Å². The first-order valence-corrected chi connectivity index (χ1v) is 10.6. The lowest BCUT2D eigenvalue weighted by Gasteiger charge is -2.16. The number of thioether (sulfide) groups is 1. The van der Waals surface area contributed by atoms with Gasteiger partial charge in [-0.1, -0.05) is 29.8 Å². The van der Waals surface area contributed by atoms with Crippen molar-refractivity contribution in [2.45, 2.75) is 31.4 Å². The molecule has 0 unspecified atom stereocenters. The summed E-state index contributed by atoms with van der Waals surface area (Å²) in [6.07, 6.45) is 4.78. The lowest BCUT2D eigenvalue weighted by Crippen LogP contribution is -2.30. The van der Waals surface area contributed by atoms with Crippen LogP contribution in [0.15, 0.2) is 42.5 Å². The average Bonchev–Trinajstić information content (AvgIpc) is 2.66. The molecule has 2 aromatic carbocycles. The maximum absolute atomic E-state index is 11.9. The van der Waals surface area contributed by atoms with Crippen molar-refractivity contribution in [2.75, 3.05) is 18.9 Å². The molecule has 0 aliphatic heterocycles. The number of nitrogens with one attached hydrogen (secondary N) is 1. The number of hydrogen-bond acceptors (Lipinski definition) is 3. The van der Waals surface area contributed by atoms with E-state index in [-0.39, 0.29) is 12.5 Å². The van der Waals surface area contributed by atoms with Gasteiger partial charge in [-0.05, 0) is 66.6 Å². The van der Waals surface area contributed by atoms with Crippen LogP contribution in [0.1, 0.15) is 29.5 Å². The number of aryl methyl sites for hydroxylation is 2. The fraction of sp³-hybridized carbons (Fsp3) is 0.381. The molecule has 2 aromatic rings. The fourth-order valence-corrected chi connectivity index (χ4v) is 4.10. The van der Waals surface area contributed by atoms with Gasteiger partial charge >= 0.3 is 0 Å². The lowest BCUT2D eigenvalue weighted by atomic mass is 9.92. The number of carbonyl (C=O) groups excluding carboxylic acids is 1. The van der Waals surface area contributed by atoms with Gasteiger partial charge in [-0.25, -0.2) is 0 Å². The van der Waals surface area contributed by atoms with Crippen LogP contribution in [0.4, 0.5) is 0 Å². The Hall–Kier alpha value is -1.65.